The van der Waals surface area contributed by atoms with Crippen molar-refractivity contribution in [1.82, 2.24) is 4.90 Å². The van der Waals surface area contributed by atoms with Crippen LogP contribution in [0.15, 0.2) is 28.7 Å². The van der Waals surface area contributed by atoms with Gasteiger partial charge in [0.15, 0.2) is 0 Å². The molecule has 0 spiro atoms. The molecule has 0 aliphatic rings. The first-order valence-corrected chi connectivity index (χ1v) is 5.45. The third-order valence-electron chi connectivity index (χ3n) is 2.13. The van der Waals surface area contributed by atoms with Crippen LogP contribution in [-0.4, -0.2) is 17.8 Å². The lowest BCUT2D eigenvalue weighted by atomic mass is 10.2. The van der Waals surface area contributed by atoms with Crippen LogP contribution in [-0.2, 0) is 6.54 Å². The fourth-order valence-corrected chi connectivity index (χ4v) is 1.49. The van der Waals surface area contributed by atoms with Gasteiger partial charge in [0.05, 0.1) is 5.84 Å². The van der Waals surface area contributed by atoms with Crippen LogP contribution in [0, 0.1) is 5.41 Å². The first kappa shape index (κ1) is 11.2. The van der Waals surface area contributed by atoms with Gasteiger partial charge >= 0.3 is 0 Å². The molecule has 0 radical (unpaired) electrons. The molecule has 14 heavy (non-hydrogen) atoms. The van der Waals surface area contributed by atoms with E-state index in [0.717, 1.165) is 17.4 Å². The molecule has 76 valence electrons. The van der Waals surface area contributed by atoms with Crippen LogP contribution in [0.3, 0.4) is 0 Å². The lowest BCUT2D eigenvalue weighted by Crippen LogP contribution is -2.24. The summed E-state index contributed by atoms with van der Waals surface area (Å²) < 4.78 is 1.09. The fraction of sp³-hybridized carbons (Fsp3) is 0.364. The summed E-state index contributed by atoms with van der Waals surface area (Å²) in [6.45, 7) is 2.81. The Morgan fingerprint density at radius 3 is 2.43 bits per heavy atom. The van der Waals surface area contributed by atoms with Crippen molar-refractivity contribution in [2.45, 2.75) is 19.9 Å². The van der Waals surface area contributed by atoms with Crippen molar-refractivity contribution in [2.75, 3.05) is 7.05 Å². The Morgan fingerprint density at radius 2 is 1.93 bits per heavy atom. The molecule has 0 heterocycles. The van der Waals surface area contributed by atoms with Crippen LogP contribution >= 0.6 is 15.9 Å². The second-order valence-electron chi connectivity index (χ2n) is 3.28. The maximum Gasteiger partial charge on any atom is 0.0955 e. The number of rotatable bonds is 3. The van der Waals surface area contributed by atoms with E-state index >= 15 is 0 Å². The topological polar surface area (TPSA) is 27.1 Å². The SMILES string of the molecule is CCC(=N)N(C)Cc1ccc(Br)cc1. The molecule has 3 heteroatoms. The molecule has 0 aliphatic heterocycles. The van der Waals surface area contributed by atoms with Crippen molar-refractivity contribution >= 4 is 21.8 Å². The second-order valence-corrected chi connectivity index (χ2v) is 4.20. The fourth-order valence-electron chi connectivity index (χ4n) is 1.23. The zero-order chi connectivity index (χ0) is 10.6. The minimum absolute atomic E-state index is 0.674. The Balaban J connectivity index is 2.60. The maximum atomic E-state index is 7.65. The minimum Gasteiger partial charge on any atom is -0.359 e. The van der Waals surface area contributed by atoms with Crippen LogP contribution in [0.25, 0.3) is 0 Å². The van der Waals surface area contributed by atoms with Crippen LogP contribution in [0.4, 0.5) is 0 Å². The molecule has 0 amide bonds. The van der Waals surface area contributed by atoms with Crippen molar-refractivity contribution in [1.29, 1.82) is 5.41 Å². The maximum absolute atomic E-state index is 7.65. The summed E-state index contributed by atoms with van der Waals surface area (Å²) in [4.78, 5) is 1.96. The zero-order valence-electron chi connectivity index (χ0n) is 8.55. The predicted octanol–water partition coefficient (Wildman–Crippen LogP) is 3.27. The molecule has 0 fully saturated rings. The Bertz CT molecular complexity index is 306. The summed E-state index contributed by atoms with van der Waals surface area (Å²) >= 11 is 3.40. The van der Waals surface area contributed by atoms with E-state index in [-0.39, 0.29) is 0 Å². The smallest absolute Gasteiger partial charge is 0.0955 e. The van der Waals surface area contributed by atoms with Gasteiger partial charge in [-0.25, -0.2) is 0 Å². The number of hydrogen-bond donors (Lipinski definition) is 1. The number of halogens is 1. The van der Waals surface area contributed by atoms with Crippen molar-refractivity contribution in [3.63, 3.8) is 0 Å². The van der Waals surface area contributed by atoms with Crippen molar-refractivity contribution < 1.29 is 0 Å². The lowest BCUT2D eigenvalue weighted by molar-refractivity contribution is 0.487. The molecule has 1 aromatic carbocycles. The van der Waals surface area contributed by atoms with Gasteiger partial charge in [-0.1, -0.05) is 35.0 Å². The molecule has 0 aliphatic carbocycles. The van der Waals surface area contributed by atoms with E-state index in [0.29, 0.717) is 5.84 Å². The standard InChI is InChI=1S/C11H15BrN2/c1-3-11(13)14(2)8-9-4-6-10(12)7-5-9/h4-7,13H,3,8H2,1-2H3. The summed E-state index contributed by atoms with van der Waals surface area (Å²) in [7, 11) is 1.95. The summed E-state index contributed by atoms with van der Waals surface area (Å²) in [5.41, 5.74) is 1.23. The van der Waals surface area contributed by atoms with E-state index in [1.165, 1.54) is 5.56 Å². The zero-order valence-corrected chi connectivity index (χ0v) is 10.1. The molecule has 0 saturated heterocycles. The molecular weight excluding hydrogens is 240 g/mol. The molecule has 0 atom stereocenters. The van der Waals surface area contributed by atoms with Crippen molar-refractivity contribution in [2.24, 2.45) is 0 Å². The molecule has 1 rings (SSSR count). The van der Waals surface area contributed by atoms with Crippen LogP contribution < -0.4 is 0 Å². The Morgan fingerprint density at radius 1 is 1.36 bits per heavy atom. The molecule has 1 N–H and O–H groups in total. The predicted molar refractivity (Wildman–Crippen MR) is 63.6 cm³/mol. The Labute approximate surface area is 93.6 Å². The van der Waals surface area contributed by atoms with E-state index in [2.05, 4.69) is 28.1 Å². The first-order valence-electron chi connectivity index (χ1n) is 4.66. The van der Waals surface area contributed by atoms with E-state index in [9.17, 15) is 0 Å². The molecule has 0 unspecified atom stereocenters. The molecule has 0 aromatic heterocycles. The highest BCUT2D eigenvalue weighted by molar-refractivity contribution is 9.10. The van der Waals surface area contributed by atoms with Crippen LogP contribution in [0.5, 0.6) is 0 Å². The molecule has 1 aromatic rings. The van der Waals surface area contributed by atoms with Gasteiger partial charge in [0.1, 0.15) is 0 Å². The van der Waals surface area contributed by atoms with Gasteiger partial charge < -0.3 is 4.90 Å². The quantitative estimate of drug-likeness (QED) is 0.651. The van der Waals surface area contributed by atoms with Gasteiger partial charge in [-0.3, -0.25) is 5.41 Å². The van der Waals surface area contributed by atoms with E-state index in [1.54, 1.807) is 0 Å². The number of amidine groups is 1. The number of nitrogens with one attached hydrogen (secondary N) is 1. The summed E-state index contributed by atoms with van der Waals surface area (Å²) in [5, 5.41) is 7.65. The first-order chi connectivity index (χ1) is 6.63. The van der Waals surface area contributed by atoms with Crippen LogP contribution in [0.2, 0.25) is 0 Å². The summed E-state index contributed by atoms with van der Waals surface area (Å²) in [6.07, 6.45) is 0.785. The van der Waals surface area contributed by atoms with Gasteiger partial charge in [0.25, 0.3) is 0 Å². The van der Waals surface area contributed by atoms with Gasteiger partial charge in [0.2, 0.25) is 0 Å². The monoisotopic (exact) mass is 254 g/mol. The Kier molecular flexibility index (Phi) is 4.14. The summed E-state index contributed by atoms with van der Waals surface area (Å²) in [6, 6.07) is 8.20. The van der Waals surface area contributed by atoms with Gasteiger partial charge in [0, 0.05) is 24.5 Å². The third-order valence-corrected chi connectivity index (χ3v) is 2.66. The van der Waals surface area contributed by atoms with E-state index in [4.69, 9.17) is 5.41 Å². The summed E-state index contributed by atoms with van der Waals surface area (Å²) in [5.74, 6) is 0.674. The molecule has 0 bridgehead atoms. The van der Waals surface area contributed by atoms with Gasteiger partial charge in [-0.05, 0) is 17.7 Å². The third kappa shape index (κ3) is 3.14. The molecule has 0 saturated carbocycles. The largest absolute Gasteiger partial charge is 0.359 e. The highest BCUT2D eigenvalue weighted by Gasteiger charge is 2.02. The van der Waals surface area contributed by atoms with Crippen LogP contribution in [0.1, 0.15) is 18.9 Å². The number of benzene rings is 1. The normalized spacial score (nSPS) is 9.93. The highest BCUT2D eigenvalue weighted by atomic mass is 79.9. The average Bonchev–Trinajstić information content (AvgIpc) is 2.20. The number of nitrogens with zero attached hydrogens (tertiary/aromatic N) is 1. The minimum atomic E-state index is 0.674. The van der Waals surface area contributed by atoms with Gasteiger partial charge in [-0.2, -0.15) is 0 Å². The second kappa shape index (κ2) is 5.15. The lowest BCUT2D eigenvalue weighted by Gasteiger charge is -2.18. The van der Waals surface area contributed by atoms with Crippen molar-refractivity contribution in [3.05, 3.63) is 34.3 Å². The van der Waals surface area contributed by atoms with Crippen molar-refractivity contribution in [3.8, 4) is 0 Å². The average molecular weight is 255 g/mol. The number of hydrogen-bond acceptors (Lipinski definition) is 1. The molecular formula is C11H15BrN2. The Hall–Kier alpha value is -0.830. The van der Waals surface area contributed by atoms with Gasteiger partial charge in [-0.15, -0.1) is 0 Å². The van der Waals surface area contributed by atoms with E-state index < -0.39 is 0 Å². The van der Waals surface area contributed by atoms with E-state index in [1.807, 2.05) is 31.0 Å². The molecule has 2 nitrogen and oxygen atoms in total. The highest BCUT2D eigenvalue weighted by Crippen LogP contribution is 2.11.